The Balaban J connectivity index is 1.66. The Bertz CT molecular complexity index is 778. The van der Waals surface area contributed by atoms with E-state index in [2.05, 4.69) is 46.0 Å². The van der Waals surface area contributed by atoms with E-state index in [-0.39, 0.29) is 0 Å². The molecule has 2 heterocycles. The number of thiazole rings is 1. The van der Waals surface area contributed by atoms with Crippen LogP contribution in [0, 0.1) is 18.3 Å². The summed E-state index contributed by atoms with van der Waals surface area (Å²) in [5.74, 6) is 0. The standard InChI is InChI=1S/C16H13N3S2/c1-11-19-16(10-20-11)12-2-4-13(5-3-12)18-9-15-7-6-14(8-17)21-15/h2-7,10,18H,9H2,1H3. The van der Waals surface area contributed by atoms with Crippen LogP contribution in [0.5, 0.6) is 0 Å². The zero-order valence-electron chi connectivity index (χ0n) is 11.5. The van der Waals surface area contributed by atoms with Crippen molar-refractivity contribution in [2.75, 3.05) is 5.32 Å². The van der Waals surface area contributed by atoms with Crippen LogP contribution < -0.4 is 5.32 Å². The number of anilines is 1. The summed E-state index contributed by atoms with van der Waals surface area (Å²) in [4.78, 5) is 6.39. The minimum atomic E-state index is 0.738. The molecule has 1 aromatic carbocycles. The fraction of sp³-hybridized carbons (Fsp3) is 0.125. The van der Waals surface area contributed by atoms with Crippen LogP contribution in [0.3, 0.4) is 0 Å². The molecule has 0 fully saturated rings. The fourth-order valence-electron chi connectivity index (χ4n) is 1.98. The second-order valence-corrected chi connectivity index (χ2v) is 6.79. The SMILES string of the molecule is Cc1nc(-c2ccc(NCc3ccc(C#N)s3)cc2)cs1. The van der Waals surface area contributed by atoms with Gasteiger partial charge in [0.05, 0.1) is 10.7 Å². The first kappa shape index (κ1) is 13.8. The molecule has 104 valence electrons. The first-order valence-electron chi connectivity index (χ1n) is 6.50. The van der Waals surface area contributed by atoms with E-state index in [1.165, 1.54) is 11.3 Å². The van der Waals surface area contributed by atoms with E-state index in [9.17, 15) is 0 Å². The monoisotopic (exact) mass is 311 g/mol. The molecule has 21 heavy (non-hydrogen) atoms. The van der Waals surface area contributed by atoms with Crippen LogP contribution >= 0.6 is 22.7 Å². The second kappa shape index (κ2) is 6.08. The van der Waals surface area contributed by atoms with Crippen molar-refractivity contribution in [2.24, 2.45) is 0 Å². The van der Waals surface area contributed by atoms with E-state index in [0.717, 1.165) is 38.3 Å². The molecule has 3 aromatic rings. The lowest BCUT2D eigenvalue weighted by Crippen LogP contribution is -1.96. The normalized spacial score (nSPS) is 10.3. The van der Waals surface area contributed by atoms with E-state index in [0.29, 0.717) is 0 Å². The smallest absolute Gasteiger partial charge is 0.110 e. The van der Waals surface area contributed by atoms with Crippen molar-refractivity contribution >= 4 is 28.4 Å². The van der Waals surface area contributed by atoms with Crippen molar-refractivity contribution in [1.82, 2.24) is 4.98 Å². The average Bonchev–Trinajstić information content (AvgIpc) is 3.14. The summed E-state index contributed by atoms with van der Waals surface area (Å²) in [6.07, 6.45) is 0. The largest absolute Gasteiger partial charge is 0.380 e. The number of thiophene rings is 1. The summed E-state index contributed by atoms with van der Waals surface area (Å²) >= 11 is 3.19. The lowest BCUT2D eigenvalue weighted by atomic mass is 10.1. The maximum atomic E-state index is 8.81. The van der Waals surface area contributed by atoms with Gasteiger partial charge in [-0.15, -0.1) is 22.7 Å². The molecular weight excluding hydrogens is 298 g/mol. The minimum Gasteiger partial charge on any atom is -0.380 e. The predicted molar refractivity (Wildman–Crippen MR) is 88.6 cm³/mol. The molecule has 0 unspecified atom stereocenters. The summed E-state index contributed by atoms with van der Waals surface area (Å²) in [7, 11) is 0. The number of nitriles is 1. The van der Waals surface area contributed by atoms with Gasteiger partial charge in [0.1, 0.15) is 10.9 Å². The summed E-state index contributed by atoms with van der Waals surface area (Å²) in [6.45, 7) is 2.75. The molecule has 0 aliphatic carbocycles. The number of aromatic nitrogens is 1. The van der Waals surface area contributed by atoms with Gasteiger partial charge in [0.15, 0.2) is 0 Å². The van der Waals surface area contributed by atoms with Crippen molar-refractivity contribution in [1.29, 1.82) is 5.26 Å². The van der Waals surface area contributed by atoms with Crippen molar-refractivity contribution in [3.8, 4) is 17.3 Å². The van der Waals surface area contributed by atoms with Crippen molar-refractivity contribution in [3.05, 3.63) is 56.5 Å². The zero-order valence-corrected chi connectivity index (χ0v) is 13.1. The summed E-state index contributed by atoms with van der Waals surface area (Å²) in [5.41, 5.74) is 3.23. The van der Waals surface area contributed by atoms with Gasteiger partial charge < -0.3 is 5.32 Å². The van der Waals surface area contributed by atoms with Gasteiger partial charge in [-0.25, -0.2) is 4.98 Å². The highest BCUT2D eigenvalue weighted by Gasteiger charge is 2.03. The molecule has 0 saturated heterocycles. The molecule has 0 saturated carbocycles. The van der Waals surface area contributed by atoms with Gasteiger partial charge >= 0.3 is 0 Å². The Morgan fingerprint density at radius 1 is 1.19 bits per heavy atom. The number of nitrogens with zero attached hydrogens (tertiary/aromatic N) is 2. The molecule has 2 aromatic heterocycles. The maximum absolute atomic E-state index is 8.81. The molecule has 1 N–H and O–H groups in total. The number of rotatable bonds is 4. The van der Waals surface area contributed by atoms with Gasteiger partial charge in [-0.2, -0.15) is 5.26 Å². The molecule has 0 amide bonds. The first-order valence-corrected chi connectivity index (χ1v) is 8.19. The van der Waals surface area contributed by atoms with Crippen LogP contribution in [-0.2, 0) is 6.54 Å². The number of hydrogen-bond acceptors (Lipinski definition) is 5. The Labute approximate surface area is 131 Å². The second-order valence-electron chi connectivity index (χ2n) is 4.56. The molecule has 0 spiro atoms. The Hall–Kier alpha value is -2.16. The lowest BCUT2D eigenvalue weighted by molar-refractivity contribution is 1.19. The third-order valence-electron chi connectivity index (χ3n) is 3.04. The molecule has 0 bridgehead atoms. The fourth-order valence-corrected chi connectivity index (χ4v) is 3.34. The molecule has 0 aliphatic rings. The molecule has 0 aliphatic heterocycles. The maximum Gasteiger partial charge on any atom is 0.110 e. The Kier molecular flexibility index (Phi) is 4.00. The molecule has 0 atom stereocenters. The van der Waals surface area contributed by atoms with Crippen molar-refractivity contribution < 1.29 is 0 Å². The Morgan fingerprint density at radius 3 is 2.62 bits per heavy atom. The highest BCUT2D eigenvalue weighted by Crippen LogP contribution is 2.23. The molecular formula is C16H13N3S2. The zero-order chi connectivity index (χ0) is 14.7. The highest BCUT2D eigenvalue weighted by molar-refractivity contribution is 7.12. The van der Waals surface area contributed by atoms with Gasteiger partial charge in [0.2, 0.25) is 0 Å². The van der Waals surface area contributed by atoms with Gasteiger partial charge in [-0.05, 0) is 31.2 Å². The summed E-state index contributed by atoms with van der Waals surface area (Å²) < 4.78 is 0. The lowest BCUT2D eigenvalue weighted by Gasteiger charge is -2.05. The number of hydrogen-bond donors (Lipinski definition) is 1. The third kappa shape index (κ3) is 3.30. The highest BCUT2D eigenvalue weighted by atomic mass is 32.1. The van der Waals surface area contributed by atoms with E-state index in [1.54, 1.807) is 11.3 Å². The molecule has 0 radical (unpaired) electrons. The van der Waals surface area contributed by atoms with Crippen molar-refractivity contribution in [2.45, 2.75) is 13.5 Å². The quantitative estimate of drug-likeness (QED) is 0.762. The third-order valence-corrected chi connectivity index (χ3v) is 4.80. The topological polar surface area (TPSA) is 48.7 Å². The van der Waals surface area contributed by atoms with Crippen LogP contribution in [0.2, 0.25) is 0 Å². The van der Waals surface area contributed by atoms with Crippen LogP contribution in [0.4, 0.5) is 5.69 Å². The van der Waals surface area contributed by atoms with Crippen molar-refractivity contribution in [3.63, 3.8) is 0 Å². The number of benzene rings is 1. The average molecular weight is 311 g/mol. The summed E-state index contributed by atoms with van der Waals surface area (Å²) in [6, 6.07) is 14.3. The van der Waals surface area contributed by atoms with E-state index >= 15 is 0 Å². The first-order chi connectivity index (χ1) is 10.2. The van der Waals surface area contributed by atoms with E-state index in [1.807, 2.05) is 19.1 Å². The van der Waals surface area contributed by atoms with Gasteiger partial charge in [-0.1, -0.05) is 12.1 Å². The minimum absolute atomic E-state index is 0.738. The number of nitrogens with one attached hydrogen (secondary N) is 1. The number of aryl methyl sites for hydroxylation is 1. The molecule has 5 heteroatoms. The summed E-state index contributed by atoms with van der Waals surface area (Å²) in [5, 5.41) is 15.3. The van der Waals surface area contributed by atoms with Crippen LogP contribution in [0.15, 0.2) is 41.8 Å². The van der Waals surface area contributed by atoms with Gasteiger partial charge in [0, 0.05) is 28.1 Å². The Morgan fingerprint density at radius 2 is 2.00 bits per heavy atom. The predicted octanol–water partition coefficient (Wildman–Crippen LogP) is 4.66. The van der Waals surface area contributed by atoms with Gasteiger partial charge in [-0.3, -0.25) is 0 Å². The molecule has 3 rings (SSSR count). The van der Waals surface area contributed by atoms with Crippen LogP contribution in [0.25, 0.3) is 11.3 Å². The van der Waals surface area contributed by atoms with Crippen LogP contribution in [0.1, 0.15) is 14.8 Å². The van der Waals surface area contributed by atoms with E-state index < -0.39 is 0 Å². The molecule has 3 nitrogen and oxygen atoms in total. The van der Waals surface area contributed by atoms with E-state index in [4.69, 9.17) is 5.26 Å². The van der Waals surface area contributed by atoms with Gasteiger partial charge in [0.25, 0.3) is 0 Å². The van der Waals surface area contributed by atoms with Crippen LogP contribution in [-0.4, -0.2) is 4.98 Å².